The monoisotopic (exact) mass is 179 g/mol. The second-order valence-electron chi connectivity index (χ2n) is 2.80. The predicted molar refractivity (Wildman–Crippen MR) is 49.8 cm³/mol. The molecular formula is C10H13NO2. The first kappa shape index (κ1) is 9.85. The summed E-state index contributed by atoms with van der Waals surface area (Å²) in [5.41, 5.74) is 0. The molecule has 70 valence electrons. The molecule has 0 saturated carbocycles. The number of hydrogen-bond donors (Lipinski definition) is 2. The van der Waals surface area contributed by atoms with Crippen LogP contribution in [0.25, 0.3) is 0 Å². The van der Waals surface area contributed by atoms with Crippen LogP contribution < -0.4 is 5.32 Å². The smallest absolute Gasteiger partial charge is 0.129 e. The van der Waals surface area contributed by atoms with Crippen molar-refractivity contribution in [2.75, 3.05) is 0 Å². The molecule has 1 atom stereocenters. The van der Waals surface area contributed by atoms with Gasteiger partial charge in [0.1, 0.15) is 18.1 Å². The zero-order valence-corrected chi connectivity index (χ0v) is 7.58. The molecule has 0 aliphatic rings. The Balaban J connectivity index is 2.42. The van der Waals surface area contributed by atoms with E-state index in [0.29, 0.717) is 12.3 Å². The van der Waals surface area contributed by atoms with E-state index >= 15 is 0 Å². The van der Waals surface area contributed by atoms with E-state index in [-0.39, 0.29) is 12.6 Å². The Bertz CT molecular complexity index is 298. The van der Waals surface area contributed by atoms with Crippen molar-refractivity contribution in [3.05, 3.63) is 23.7 Å². The molecule has 1 aromatic rings. The Hall–Kier alpha value is -1.24. The molecule has 0 aliphatic heterocycles. The largest absolute Gasteiger partial charge is 0.462 e. The summed E-state index contributed by atoms with van der Waals surface area (Å²) in [7, 11) is 0. The molecule has 0 fully saturated rings. The van der Waals surface area contributed by atoms with Crippen LogP contribution in [-0.4, -0.2) is 11.1 Å². The molecule has 1 rings (SSSR count). The highest BCUT2D eigenvalue weighted by molar-refractivity contribution is 5.07. The van der Waals surface area contributed by atoms with Crippen molar-refractivity contribution in [3.63, 3.8) is 0 Å². The Morgan fingerprint density at radius 2 is 2.31 bits per heavy atom. The lowest BCUT2D eigenvalue weighted by Crippen LogP contribution is -2.23. The van der Waals surface area contributed by atoms with Gasteiger partial charge < -0.3 is 9.52 Å². The minimum Gasteiger partial charge on any atom is -0.462 e. The van der Waals surface area contributed by atoms with Crippen LogP contribution in [0.5, 0.6) is 0 Å². The molecule has 1 unspecified atom stereocenters. The van der Waals surface area contributed by atoms with Gasteiger partial charge >= 0.3 is 0 Å². The van der Waals surface area contributed by atoms with E-state index in [9.17, 15) is 0 Å². The molecule has 0 amide bonds. The van der Waals surface area contributed by atoms with Gasteiger partial charge in [0.05, 0.1) is 12.6 Å². The summed E-state index contributed by atoms with van der Waals surface area (Å²) in [5.74, 6) is 3.91. The van der Waals surface area contributed by atoms with Crippen LogP contribution in [0.1, 0.15) is 18.4 Å². The van der Waals surface area contributed by atoms with Crippen molar-refractivity contribution in [1.29, 1.82) is 0 Å². The van der Waals surface area contributed by atoms with Crippen molar-refractivity contribution in [2.24, 2.45) is 0 Å². The van der Waals surface area contributed by atoms with Gasteiger partial charge in [-0.1, -0.05) is 5.92 Å². The maximum absolute atomic E-state index is 8.73. The van der Waals surface area contributed by atoms with Crippen molar-refractivity contribution < 1.29 is 9.52 Å². The second-order valence-corrected chi connectivity index (χ2v) is 2.80. The van der Waals surface area contributed by atoms with Gasteiger partial charge in [0.2, 0.25) is 0 Å². The van der Waals surface area contributed by atoms with Gasteiger partial charge in [-0.3, -0.25) is 5.32 Å². The molecule has 2 N–H and O–H groups in total. The highest BCUT2D eigenvalue weighted by Gasteiger charge is 2.01. The van der Waals surface area contributed by atoms with E-state index in [2.05, 4.69) is 11.2 Å². The normalized spacial score (nSPS) is 12.4. The number of terminal acetylenes is 1. The van der Waals surface area contributed by atoms with Gasteiger partial charge in [-0.2, -0.15) is 0 Å². The molecule has 3 nitrogen and oxygen atoms in total. The van der Waals surface area contributed by atoms with E-state index in [1.165, 1.54) is 0 Å². The number of hydrogen-bond acceptors (Lipinski definition) is 3. The zero-order valence-electron chi connectivity index (χ0n) is 7.58. The Labute approximate surface area is 77.8 Å². The lowest BCUT2D eigenvalue weighted by atomic mass is 10.3. The van der Waals surface area contributed by atoms with Crippen molar-refractivity contribution in [3.8, 4) is 12.3 Å². The number of aliphatic hydroxyl groups is 1. The highest BCUT2D eigenvalue weighted by atomic mass is 16.4. The number of nitrogens with one attached hydrogen (secondary N) is 1. The van der Waals surface area contributed by atoms with Gasteiger partial charge in [0, 0.05) is 0 Å². The van der Waals surface area contributed by atoms with Crippen LogP contribution in [-0.2, 0) is 13.2 Å². The van der Waals surface area contributed by atoms with Gasteiger partial charge in [-0.25, -0.2) is 0 Å². The standard InChI is InChI=1S/C10H13NO2/c1-3-8(2)11-6-9-4-5-10(7-12)13-9/h1,4-5,8,11-12H,6-7H2,2H3. The van der Waals surface area contributed by atoms with Crippen molar-refractivity contribution in [1.82, 2.24) is 5.32 Å². The highest BCUT2D eigenvalue weighted by Crippen LogP contribution is 2.07. The summed E-state index contributed by atoms with van der Waals surface area (Å²) in [6.07, 6.45) is 5.18. The summed E-state index contributed by atoms with van der Waals surface area (Å²) >= 11 is 0. The fourth-order valence-corrected chi connectivity index (χ4v) is 0.915. The Morgan fingerprint density at radius 1 is 1.62 bits per heavy atom. The van der Waals surface area contributed by atoms with Gasteiger partial charge in [0.25, 0.3) is 0 Å². The lowest BCUT2D eigenvalue weighted by Gasteiger charge is -2.04. The molecular weight excluding hydrogens is 166 g/mol. The second kappa shape index (κ2) is 4.70. The predicted octanol–water partition coefficient (Wildman–Crippen LogP) is 0.883. The van der Waals surface area contributed by atoms with E-state index in [4.69, 9.17) is 15.9 Å². The molecule has 0 spiro atoms. The molecule has 0 aromatic carbocycles. The zero-order chi connectivity index (χ0) is 9.68. The molecule has 0 aliphatic carbocycles. The summed E-state index contributed by atoms with van der Waals surface area (Å²) in [6.45, 7) is 2.42. The Morgan fingerprint density at radius 3 is 2.85 bits per heavy atom. The maximum Gasteiger partial charge on any atom is 0.129 e. The molecule has 1 heterocycles. The third-order valence-electron chi connectivity index (χ3n) is 1.71. The first-order valence-corrected chi connectivity index (χ1v) is 4.14. The first-order valence-electron chi connectivity index (χ1n) is 4.14. The fraction of sp³-hybridized carbons (Fsp3) is 0.400. The Kier molecular flexibility index (Phi) is 3.56. The van der Waals surface area contributed by atoms with E-state index in [1.807, 2.05) is 13.0 Å². The third-order valence-corrected chi connectivity index (χ3v) is 1.71. The van der Waals surface area contributed by atoms with Crippen LogP contribution >= 0.6 is 0 Å². The summed E-state index contributed by atoms with van der Waals surface area (Å²) in [5, 5.41) is 11.8. The maximum atomic E-state index is 8.73. The van der Waals surface area contributed by atoms with Crippen LogP contribution in [0, 0.1) is 12.3 Å². The van der Waals surface area contributed by atoms with E-state index in [1.54, 1.807) is 6.07 Å². The molecule has 0 radical (unpaired) electrons. The lowest BCUT2D eigenvalue weighted by molar-refractivity contribution is 0.242. The minimum atomic E-state index is -0.0648. The quantitative estimate of drug-likeness (QED) is 0.674. The first-order chi connectivity index (χ1) is 6.26. The molecule has 13 heavy (non-hydrogen) atoms. The summed E-state index contributed by atoms with van der Waals surface area (Å²) in [6, 6.07) is 3.60. The fourth-order valence-electron chi connectivity index (χ4n) is 0.915. The summed E-state index contributed by atoms with van der Waals surface area (Å²) < 4.78 is 5.25. The van der Waals surface area contributed by atoms with Gasteiger partial charge in [-0.15, -0.1) is 6.42 Å². The topological polar surface area (TPSA) is 45.4 Å². The average Bonchev–Trinajstić information content (AvgIpc) is 2.61. The average molecular weight is 179 g/mol. The van der Waals surface area contributed by atoms with Crippen LogP contribution in [0.3, 0.4) is 0 Å². The number of rotatable bonds is 4. The summed E-state index contributed by atoms with van der Waals surface area (Å²) in [4.78, 5) is 0. The SMILES string of the molecule is C#CC(C)NCc1ccc(CO)o1. The van der Waals surface area contributed by atoms with E-state index < -0.39 is 0 Å². The van der Waals surface area contributed by atoms with Crippen LogP contribution in [0.4, 0.5) is 0 Å². The van der Waals surface area contributed by atoms with Gasteiger partial charge in [-0.05, 0) is 19.1 Å². The minimum absolute atomic E-state index is 0.0303. The molecule has 1 aromatic heterocycles. The van der Waals surface area contributed by atoms with Gasteiger partial charge in [0.15, 0.2) is 0 Å². The molecule has 0 bridgehead atoms. The van der Waals surface area contributed by atoms with Crippen molar-refractivity contribution >= 4 is 0 Å². The third kappa shape index (κ3) is 2.94. The number of aliphatic hydroxyl groups excluding tert-OH is 1. The molecule has 0 saturated heterocycles. The van der Waals surface area contributed by atoms with Crippen molar-refractivity contribution in [2.45, 2.75) is 26.1 Å². The van der Waals surface area contributed by atoms with Crippen LogP contribution in [0.15, 0.2) is 16.5 Å². The van der Waals surface area contributed by atoms with Crippen LogP contribution in [0.2, 0.25) is 0 Å². The van der Waals surface area contributed by atoms with E-state index in [0.717, 1.165) is 5.76 Å². The molecule has 3 heteroatoms. The number of furan rings is 1.